The Balaban J connectivity index is 1.81. The molecular weight excluding hydrogens is 274 g/mol. The zero-order valence-electron chi connectivity index (χ0n) is 12.3. The molecule has 0 aliphatic carbocycles. The lowest BCUT2D eigenvalue weighted by Gasteiger charge is -2.30. The third-order valence-corrected chi connectivity index (χ3v) is 3.58. The second-order valence-electron chi connectivity index (χ2n) is 5.42. The first-order chi connectivity index (χ1) is 9.95. The molecule has 1 atom stereocenters. The molecule has 1 aliphatic heterocycles. The number of carbonyl (C=O) groups excluding carboxylic acids is 1. The Hall–Kier alpha value is -2.02. The molecule has 1 fully saturated rings. The van der Waals surface area contributed by atoms with Crippen LogP contribution in [0.1, 0.15) is 34.7 Å². The molecule has 0 saturated carbocycles. The number of amides is 2. The maximum Gasteiger partial charge on any atom is 0.339 e. The Morgan fingerprint density at radius 1 is 1.52 bits per heavy atom. The van der Waals surface area contributed by atoms with E-state index >= 15 is 0 Å². The number of hydrogen-bond acceptors (Lipinski definition) is 4. The summed E-state index contributed by atoms with van der Waals surface area (Å²) in [6.07, 6.45) is 2.04. The van der Waals surface area contributed by atoms with Crippen molar-refractivity contribution >= 4 is 12.0 Å². The maximum atomic E-state index is 11.8. The molecule has 0 aromatic carbocycles. The molecule has 3 N–H and O–H groups in total. The Labute approximate surface area is 123 Å². The fourth-order valence-electron chi connectivity index (χ4n) is 2.53. The second kappa shape index (κ2) is 6.62. The highest BCUT2D eigenvalue weighted by atomic mass is 16.4. The van der Waals surface area contributed by atoms with Crippen LogP contribution in [0.3, 0.4) is 0 Å². The summed E-state index contributed by atoms with van der Waals surface area (Å²) in [6, 6.07) is 1.32. The van der Waals surface area contributed by atoms with Gasteiger partial charge in [-0.2, -0.15) is 0 Å². The molecule has 1 aliphatic rings. The van der Waals surface area contributed by atoms with Crippen LogP contribution in [-0.2, 0) is 6.54 Å². The Kier molecular flexibility index (Phi) is 4.85. The van der Waals surface area contributed by atoms with E-state index in [9.17, 15) is 9.59 Å². The summed E-state index contributed by atoms with van der Waals surface area (Å²) in [5, 5.41) is 14.5. The molecule has 1 saturated heterocycles. The smallest absolute Gasteiger partial charge is 0.339 e. The molecule has 7 nitrogen and oxygen atoms in total. The number of hydrogen-bond donors (Lipinski definition) is 3. The number of rotatable bonds is 4. The molecule has 1 aromatic rings. The number of piperidine rings is 1. The van der Waals surface area contributed by atoms with Crippen LogP contribution in [0.15, 0.2) is 10.5 Å². The van der Waals surface area contributed by atoms with Crippen molar-refractivity contribution in [2.45, 2.75) is 32.4 Å². The largest absolute Gasteiger partial charge is 0.478 e. The van der Waals surface area contributed by atoms with E-state index in [0.717, 1.165) is 25.9 Å². The lowest BCUT2D eigenvalue weighted by Crippen LogP contribution is -2.49. The van der Waals surface area contributed by atoms with Crippen LogP contribution in [-0.4, -0.2) is 48.2 Å². The third-order valence-electron chi connectivity index (χ3n) is 3.58. The van der Waals surface area contributed by atoms with Crippen LogP contribution >= 0.6 is 0 Å². The van der Waals surface area contributed by atoms with E-state index in [1.165, 1.54) is 6.07 Å². The number of urea groups is 1. The van der Waals surface area contributed by atoms with Crippen LogP contribution in [0.25, 0.3) is 0 Å². The van der Waals surface area contributed by atoms with E-state index in [0.29, 0.717) is 11.5 Å². The normalized spacial score (nSPS) is 19.2. The fraction of sp³-hybridized carbons (Fsp3) is 0.571. The Morgan fingerprint density at radius 3 is 2.90 bits per heavy atom. The molecule has 2 amide bonds. The number of carboxylic acids is 1. The van der Waals surface area contributed by atoms with Gasteiger partial charge in [-0.05, 0) is 39.4 Å². The quantitative estimate of drug-likeness (QED) is 0.775. The molecule has 2 heterocycles. The molecular formula is C14H21N3O4. The van der Waals surface area contributed by atoms with Gasteiger partial charge in [0, 0.05) is 12.6 Å². The van der Waals surface area contributed by atoms with Gasteiger partial charge in [0.25, 0.3) is 0 Å². The summed E-state index contributed by atoms with van der Waals surface area (Å²) in [4.78, 5) is 24.9. The number of nitrogens with zero attached hydrogens (tertiary/aromatic N) is 1. The monoisotopic (exact) mass is 295 g/mol. The first-order valence-electron chi connectivity index (χ1n) is 7.01. The Bertz CT molecular complexity index is 526. The van der Waals surface area contributed by atoms with Gasteiger partial charge in [0.1, 0.15) is 17.1 Å². The van der Waals surface area contributed by atoms with Gasteiger partial charge in [-0.1, -0.05) is 0 Å². The van der Waals surface area contributed by atoms with Crippen molar-refractivity contribution in [1.82, 2.24) is 15.5 Å². The molecule has 0 radical (unpaired) electrons. The van der Waals surface area contributed by atoms with E-state index in [2.05, 4.69) is 15.5 Å². The Morgan fingerprint density at radius 2 is 2.29 bits per heavy atom. The van der Waals surface area contributed by atoms with Crippen molar-refractivity contribution in [3.05, 3.63) is 23.2 Å². The highest BCUT2D eigenvalue weighted by Gasteiger charge is 2.19. The summed E-state index contributed by atoms with van der Waals surface area (Å²) < 4.78 is 5.30. The standard InChI is InChI=1S/C14H21N3O4/c1-9-12(13(18)19)6-11(21-9)7-15-14(20)16-10-4-3-5-17(2)8-10/h6,10H,3-5,7-8H2,1-2H3,(H,18,19)(H2,15,16,20). The average molecular weight is 295 g/mol. The van der Waals surface area contributed by atoms with Gasteiger partial charge in [-0.15, -0.1) is 0 Å². The number of furan rings is 1. The molecule has 2 rings (SSSR count). The van der Waals surface area contributed by atoms with E-state index in [1.807, 2.05) is 7.05 Å². The summed E-state index contributed by atoms with van der Waals surface area (Å²) >= 11 is 0. The van der Waals surface area contributed by atoms with Crippen LogP contribution in [0.5, 0.6) is 0 Å². The highest BCUT2D eigenvalue weighted by molar-refractivity contribution is 5.88. The van der Waals surface area contributed by atoms with Crippen molar-refractivity contribution < 1.29 is 19.1 Å². The average Bonchev–Trinajstić information content (AvgIpc) is 2.78. The predicted octanol–water partition coefficient (Wildman–Crippen LogP) is 1.18. The van der Waals surface area contributed by atoms with Crippen LogP contribution in [0, 0.1) is 6.92 Å². The fourth-order valence-corrected chi connectivity index (χ4v) is 2.53. The second-order valence-corrected chi connectivity index (χ2v) is 5.42. The van der Waals surface area contributed by atoms with Crippen molar-refractivity contribution in [3.8, 4) is 0 Å². The van der Waals surface area contributed by atoms with Crippen molar-refractivity contribution in [1.29, 1.82) is 0 Å². The molecule has 0 bridgehead atoms. The molecule has 1 unspecified atom stereocenters. The first kappa shape index (κ1) is 15.4. The number of likely N-dealkylation sites (tertiary alicyclic amines) is 1. The summed E-state index contributed by atoms with van der Waals surface area (Å²) in [7, 11) is 2.03. The van der Waals surface area contributed by atoms with Gasteiger partial charge in [0.15, 0.2) is 0 Å². The SMILES string of the molecule is Cc1oc(CNC(=O)NC2CCCN(C)C2)cc1C(=O)O. The van der Waals surface area contributed by atoms with Gasteiger partial charge in [0.2, 0.25) is 0 Å². The van der Waals surface area contributed by atoms with Gasteiger partial charge < -0.3 is 25.1 Å². The van der Waals surface area contributed by atoms with E-state index in [1.54, 1.807) is 6.92 Å². The van der Waals surface area contributed by atoms with Crippen molar-refractivity contribution in [2.75, 3.05) is 20.1 Å². The lowest BCUT2D eigenvalue weighted by atomic mass is 10.1. The summed E-state index contributed by atoms with van der Waals surface area (Å²) in [6.45, 7) is 3.66. The molecule has 7 heteroatoms. The van der Waals surface area contributed by atoms with Crippen molar-refractivity contribution in [3.63, 3.8) is 0 Å². The number of nitrogens with one attached hydrogen (secondary N) is 2. The van der Waals surface area contributed by atoms with E-state index < -0.39 is 5.97 Å². The van der Waals surface area contributed by atoms with Gasteiger partial charge in [-0.3, -0.25) is 0 Å². The van der Waals surface area contributed by atoms with E-state index in [-0.39, 0.29) is 24.2 Å². The maximum absolute atomic E-state index is 11.8. The lowest BCUT2D eigenvalue weighted by molar-refractivity contribution is 0.0695. The minimum atomic E-state index is -1.03. The number of likely N-dealkylation sites (N-methyl/N-ethyl adjacent to an activating group) is 1. The molecule has 21 heavy (non-hydrogen) atoms. The highest BCUT2D eigenvalue weighted by Crippen LogP contribution is 2.14. The van der Waals surface area contributed by atoms with Crippen molar-refractivity contribution in [2.24, 2.45) is 0 Å². The number of aryl methyl sites for hydroxylation is 1. The summed E-state index contributed by atoms with van der Waals surface area (Å²) in [5.41, 5.74) is 0.126. The van der Waals surface area contributed by atoms with Crippen LogP contribution in [0.4, 0.5) is 4.79 Å². The van der Waals surface area contributed by atoms with Crippen LogP contribution < -0.4 is 10.6 Å². The van der Waals surface area contributed by atoms with Gasteiger partial charge in [0.05, 0.1) is 6.54 Å². The zero-order valence-corrected chi connectivity index (χ0v) is 12.3. The van der Waals surface area contributed by atoms with E-state index in [4.69, 9.17) is 9.52 Å². The number of aromatic carboxylic acids is 1. The molecule has 0 spiro atoms. The number of carbonyl (C=O) groups is 2. The predicted molar refractivity (Wildman–Crippen MR) is 76.3 cm³/mol. The molecule has 1 aromatic heterocycles. The number of carboxylic acid groups (broad SMARTS) is 1. The summed E-state index contributed by atoms with van der Waals surface area (Å²) in [5.74, 6) is -0.258. The van der Waals surface area contributed by atoms with Crippen LogP contribution in [0.2, 0.25) is 0 Å². The third kappa shape index (κ3) is 4.22. The van der Waals surface area contributed by atoms with Gasteiger partial charge >= 0.3 is 12.0 Å². The first-order valence-corrected chi connectivity index (χ1v) is 7.01. The minimum Gasteiger partial charge on any atom is -0.478 e. The topological polar surface area (TPSA) is 94.8 Å². The minimum absolute atomic E-state index is 0.126. The van der Waals surface area contributed by atoms with Gasteiger partial charge in [-0.25, -0.2) is 9.59 Å². The molecule has 116 valence electrons. The zero-order chi connectivity index (χ0) is 15.4.